The number of nitrogens with zero attached hydrogens (tertiary/aromatic N) is 1. The van der Waals surface area contributed by atoms with Crippen LogP contribution in [-0.4, -0.2) is 18.1 Å². The summed E-state index contributed by atoms with van der Waals surface area (Å²) in [5.74, 6) is 1.13. The molecule has 1 aliphatic heterocycles. The van der Waals surface area contributed by atoms with E-state index in [9.17, 15) is 13.2 Å². The van der Waals surface area contributed by atoms with Crippen molar-refractivity contribution in [2.45, 2.75) is 25.4 Å². The fourth-order valence-electron chi connectivity index (χ4n) is 2.55. The summed E-state index contributed by atoms with van der Waals surface area (Å²) in [6, 6.07) is 3.41. The topological polar surface area (TPSA) is 38.1 Å². The van der Waals surface area contributed by atoms with Crippen molar-refractivity contribution in [1.82, 2.24) is 10.3 Å². The van der Waals surface area contributed by atoms with E-state index in [4.69, 9.17) is 4.42 Å². The number of alkyl halides is 3. The Labute approximate surface area is 114 Å². The predicted octanol–water partition coefficient (Wildman–Crippen LogP) is 3.39. The maximum atomic E-state index is 12.6. The Balaban J connectivity index is 1.76. The first kappa shape index (κ1) is 13.4. The lowest BCUT2D eigenvalue weighted by atomic mass is 10.0. The zero-order chi connectivity index (χ0) is 14.2. The highest BCUT2D eigenvalue weighted by Gasteiger charge is 2.31. The van der Waals surface area contributed by atoms with Crippen LogP contribution in [-0.2, 0) is 12.6 Å². The van der Waals surface area contributed by atoms with Gasteiger partial charge in [-0.2, -0.15) is 13.2 Å². The summed E-state index contributed by atoms with van der Waals surface area (Å²) >= 11 is 0. The van der Waals surface area contributed by atoms with Gasteiger partial charge in [0, 0.05) is 6.42 Å². The van der Waals surface area contributed by atoms with Gasteiger partial charge in [-0.1, -0.05) is 0 Å². The number of aromatic nitrogens is 1. The lowest BCUT2D eigenvalue weighted by molar-refractivity contribution is -0.137. The largest absolute Gasteiger partial charge is 0.441 e. The molecule has 6 heteroatoms. The van der Waals surface area contributed by atoms with Crippen molar-refractivity contribution in [3.05, 3.63) is 29.7 Å². The number of hydrogen-bond acceptors (Lipinski definition) is 3. The van der Waals surface area contributed by atoms with Crippen LogP contribution in [0.4, 0.5) is 13.2 Å². The number of fused-ring (bicyclic) bond motifs is 1. The summed E-state index contributed by atoms with van der Waals surface area (Å²) in [4.78, 5) is 4.16. The van der Waals surface area contributed by atoms with Crippen molar-refractivity contribution in [2.24, 2.45) is 5.92 Å². The Morgan fingerprint density at radius 1 is 1.35 bits per heavy atom. The van der Waals surface area contributed by atoms with Crippen LogP contribution in [0.15, 0.2) is 22.6 Å². The van der Waals surface area contributed by atoms with Crippen molar-refractivity contribution < 1.29 is 17.6 Å². The third-order valence-corrected chi connectivity index (χ3v) is 3.69. The molecule has 0 bridgehead atoms. The van der Waals surface area contributed by atoms with E-state index in [-0.39, 0.29) is 5.52 Å². The summed E-state index contributed by atoms with van der Waals surface area (Å²) in [5, 5.41) is 3.28. The van der Waals surface area contributed by atoms with E-state index in [1.165, 1.54) is 6.07 Å². The Morgan fingerprint density at radius 3 is 2.90 bits per heavy atom. The summed E-state index contributed by atoms with van der Waals surface area (Å²) in [7, 11) is 0. The number of rotatable bonds is 3. The molecule has 1 N–H and O–H groups in total. The van der Waals surface area contributed by atoms with E-state index in [0.29, 0.717) is 23.8 Å². The monoisotopic (exact) mass is 284 g/mol. The first-order chi connectivity index (χ1) is 9.52. The normalized spacial score (nSPS) is 19.9. The Morgan fingerprint density at radius 2 is 2.20 bits per heavy atom. The molecule has 108 valence electrons. The number of halogens is 3. The van der Waals surface area contributed by atoms with Gasteiger partial charge in [0.05, 0.1) is 5.56 Å². The van der Waals surface area contributed by atoms with Gasteiger partial charge in [0.2, 0.25) is 0 Å². The van der Waals surface area contributed by atoms with Crippen molar-refractivity contribution in [3.63, 3.8) is 0 Å². The Hall–Kier alpha value is -1.56. The molecule has 1 aromatic heterocycles. The van der Waals surface area contributed by atoms with Gasteiger partial charge in [-0.05, 0) is 50.0 Å². The standard InChI is InChI=1S/C14H15F3N2O/c15-14(16,17)10-2-3-12-11(7-10)19-13(20-12)4-1-9-5-6-18-8-9/h2-3,7,9,18H,1,4-6,8H2. The van der Waals surface area contributed by atoms with Gasteiger partial charge in [0.25, 0.3) is 0 Å². The number of hydrogen-bond donors (Lipinski definition) is 1. The molecule has 1 fully saturated rings. The zero-order valence-corrected chi connectivity index (χ0v) is 10.8. The smallest absolute Gasteiger partial charge is 0.416 e. The minimum absolute atomic E-state index is 0.277. The molecule has 0 amide bonds. The Bertz CT molecular complexity index is 600. The SMILES string of the molecule is FC(F)(F)c1ccc2oc(CCC3CCNC3)nc2c1. The average Bonchev–Trinajstić information content (AvgIpc) is 3.03. The molecule has 1 saturated heterocycles. The van der Waals surface area contributed by atoms with E-state index in [1.54, 1.807) is 0 Å². The van der Waals surface area contributed by atoms with Crippen LogP contribution in [0.25, 0.3) is 11.1 Å². The molecule has 3 nitrogen and oxygen atoms in total. The average molecular weight is 284 g/mol. The van der Waals surface area contributed by atoms with Crippen LogP contribution < -0.4 is 5.32 Å². The van der Waals surface area contributed by atoms with Crippen LogP contribution in [0.2, 0.25) is 0 Å². The minimum atomic E-state index is -4.34. The molecule has 0 radical (unpaired) electrons. The molecule has 0 saturated carbocycles. The van der Waals surface area contributed by atoms with E-state index >= 15 is 0 Å². The molecule has 2 heterocycles. The third-order valence-electron chi connectivity index (χ3n) is 3.69. The zero-order valence-electron chi connectivity index (χ0n) is 10.8. The minimum Gasteiger partial charge on any atom is -0.441 e. The predicted molar refractivity (Wildman–Crippen MR) is 68.3 cm³/mol. The number of benzene rings is 1. The fourth-order valence-corrected chi connectivity index (χ4v) is 2.55. The van der Waals surface area contributed by atoms with Gasteiger partial charge in [0.1, 0.15) is 5.52 Å². The summed E-state index contributed by atoms with van der Waals surface area (Å²) in [6.07, 6.45) is -1.59. The van der Waals surface area contributed by atoms with Crippen LogP contribution in [0.5, 0.6) is 0 Å². The van der Waals surface area contributed by atoms with Crippen molar-refractivity contribution >= 4 is 11.1 Å². The van der Waals surface area contributed by atoms with Gasteiger partial charge in [0.15, 0.2) is 11.5 Å². The van der Waals surface area contributed by atoms with Crippen molar-refractivity contribution in [3.8, 4) is 0 Å². The molecule has 0 spiro atoms. The molecule has 2 aromatic rings. The number of oxazole rings is 1. The number of aryl methyl sites for hydroxylation is 1. The second-order valence-electron chi connectivity index (χ2n) is 5.19. The molecule has 1 aliphatic rings. The molecule has 20 heavy (non-hydrogen) atoms. The van der Waals surface area contributed by atoms with Gasteiger partial charge in [-0.15, -0.1) is 0 Å². The van der Waals surface area contributed by atoms with Crippen LogP contribution in [0.1, 0.15) is 24.3 Å². The van der Waals surface area contributed by atoms with Crippen LogP contribution in [0.3, 0.4) is 0 Å². The van der Waals surface area contributed by atoms with Gasteiger partial charge < -0.3 is 9.73 Å². The fraction of sp³-hybridized carbons (Fsp3) is 0.500. The first-order valence-corrected chi connectivity index (χ1v) is 6.70. The molecule has 0 aliphatic carbocycles. The summed E-state index contributed by atoms with van der Waals surface area (Å²) < 4.78 is 43.3. The van der Waals surface area contributed by atoms with Gasteiger partial charge in [-0.3, -0.25) is 0 Å². The van der Waals surface area contributed by atoms with Crippen LogP contribution >= 0.6 is 0 Å². The second-order valence-corrected chi connectivity index (χ2v) is 5.19. The quantitative estimate of drug-likeness (QED) is 0.939. The molecule has 1 atom stereocenters. The maximum absolute atomic E-state index is 12.6. The highest BCUT2D eigenvalue weighted by atomic mass is 19.4. The molecule has 1 unspecified atom stereocenters. The second kappa shape index (κ2) is 5.09. The highest BCUT2D eigenvalue weighted by Crippen LogP contribution is 2.31. The van der Waals surface area contributed by atoms with Gasteiger partial charge in [-0.25, -0.2) is 4.98 Å². The Kier molecular flexibility index (Phi) is 3.41. The van der Waals surface area contributed by atoms with Crippen molar-refractivity contribution in [2.75, 3.05) is 13.1 Å². The van der Waals surface area contributed by atoms with Crippen LogP contribution in [0, 0.1) is 5.92 Å². The molecule has 1 aromatic carbocycles. The number of nitrogens with one attached hydrogen (secondary N) is 1. The summed E-state index contributed by atoms with van der Waals surface area (Å²) in [5.41, 5.74) is 0.00163. The lowest BCUT2D eigenvalue weighted by Gasteiger charge is -2.04. The van der Waals surface area contributed by atoms with E-state index in [0.717, 1.165) is 38.1 Å². The lowest BCUT2D eigenvalue weighted by Crippen LogP contribution is -2.09. The summed E-state index contributed by atoms with van der Waals surface area (Å²) in [6.45, 7) is 2.03. The molecular formula is C14H15F3N2O. The van der Waals surface area contributed by atoms with E-state index in [2.05, 4.69) is 10.3 Å². The highest BCUT2D eigenvalue weighted by molar-refractivity contribution is 5.73. The molecular weight excluding hydrogens is 269 g/mol. The van der Waals surface area contributed by atoms with E-state index < -0.39 is 11.7 Å². The first-order valence-electron chi connectivity index (χ1n) is 6.70. The molecule has 3 rings (SSSR count). The van der Waals surface area contributed by atoms with Crippen molar-refractivity contribution in [1.29, 1.82) is 0 Å². The van der Waals surface area contributed by atoms with Gasteiger partial charge >= 0.3 is 6.18 Å². The third kappa shape index (κ3) is 2.80. The van der Waals surface area contributed by atoms with E-state index in [1.807, 2.05) is 0 Å². The maximum Gasteiger partial charge on any atom is 0.416 e.